The van der Waals surface area contributed by atoms with Gasteiger partial charge >= 0.3 is 0 Å². The first-order valence-electron chi connectivity index (χ1n) is 5.28. The van der Waals surface area contributed by atoms with E-state index in [1.807, 2.05) is 0 Å². The van der Waals surface area contributed by atoms with Gasteiger partial charge < -0.3 is 5.32 Å². The predicted molar refractivity (Wildman–Crippen MR) is 52.1 cm³/mol. The Hall–Kier alpha value is -0.300. The zero-order valence-corrected chi connectivity index (χ0v) is 7.97. The van der Waals surface area contributed by atoms with E-state index in [1.165, 1.54) is 38.5 Å². The molecule has 2 aliphatic rings. The van der Waals surface area contributed by atoms with Gasteiger partial charge in [-0.3, -0.25) is 0 Å². The van der Waals surface area contributed by atoms with Crippen LogP contribution in [0.4, 0.5) is 0 Å². The zero-order valence-electron chi connectivity index (χ0n) is 7.97. The molecule has 68 valence electrons. The minimum absolute atomic E-state index is 0.723. The lowest BCUT2D eigenvalue weighted by Gasteiger charge is -2.34. The van der Waals surface area contributed by atoms with Gasteiger partial charge in [-0.15, -0.1) is 0 Å². The Bertz CT molecular complexity index is 179. The molecule has 0 aromatic heterocycles. The molecule has 0 aliphatic heterocycles. The largest absolute Gasteiger partial charge is 0.313 e. The van der Waals surface area contributed by atoms with Crippen molar-refractivity contribution in [3.63, 3.8) is 0 Å². The van der Waals surface area contributed by atoms with E-state index in [-0.39, 0.29) is 0 Å². The summed E-state index contributed by atoms with van der Waals surface area (Å²) in [5.74, 6) is 0.958. The van der Waals surface area contributed by atoms with E-state index in [9.17, 15) is 0 Å². The topological polar surface area (TPSA) is 12.0 Å². The molecule has 1 atom stereocenters. The number of likely N-dealkylation sites (N-methyl/N-ethyl adjacent to an activating group) is 1. The molecule has 0 aromatic carbocycles. The van der Waals surface area contributed by atoms with Gasteiger partial charge in [0.1, 0.15) is 0 Å². The smallest absolute Gasteiger partial charge is 0.0305 e. The molecule has 1 saturated carbocycles. The van der Waals surface area contributed by atoms with Crippen LogP contribution in [-0.4, -0.2) is 13.1 Å². The maximum absolute atomic E-state index is 3.48. The normalized spacial score (nSPS) is 26.6. The summed E-state index contributed by atoms with van der Waals surface area (Å²) in [6.45, 7) is 0. The van der Waals surface area contributed by atoms with Crippen LogP contribution in [0.25, 0.3) is 0 Å². The van der Waals surface area contributed by atoms with Crippen molar-refractivity contribution in [3.8, 4) is 0 Å². The van der Waals surface area contributed by atoms with Crippen molar-refractivity contribution in [2.75, 3.05) is 7.05 Å². The van der Waals surface area contributed by atoms with Gasteiger partial charge in [-0.1, -0.05) is 18.1 Å². The van der Waals surface area contributed by atoms with E-state index >= 15 is 0 Å². The molecule has 1 unspecified atom stereocenters. The van der Waals surface area contributed by atoms with Gasteiger partial charge in [-0.05, 0) is 45.1 Å². The van der Waals surface area contributed by atoms with E-state index in [0.717, 1.165) is 12.0 Å². The number of hydrogen-bond donors (Lipinski definition) is 1. The molecule has 0 heterocycles. The highest BCUT2D eigenvalue weighted by molar-refractivity contribution is 5.17. The first-order valence-corrected chi connectivity index (χ1v) is 5.28. The summed E-state index contributed by atoms with van der Waals surface area (Å²) in [4.78, 5) is 0. The highest BCUT2D eigenvalue weighted by Crippen LogP contribution is 2.35. The fourth-order valence-corrected chi connectivity index (χ4v) is 2.48. The van der Waals surface area contributed by atoms with Gasteiger partial charge in [0.25, 0.3) is 0 Å². The highest BCUT2D eigenvalue weighted by Gasteiger charge is 2.29. The summed E-state index contributed by atoms with van der Waals surface area (Å²) < 4.78 is 0. The van der Waals surface area contributed by atoms with Gasteiger partial charge in [0.2, 0.25) is 0 Å². The molecule has 1 nitrogen and oxygen atoms in total. The molecule has 1 N–H and O–H groups in total. The van der Waals surface area contributed by atoms with E-state index < -0.39 is 0 Å². The molecule has 0 aromatic rings. The Kier molecular flexibility index (Phi) is 2.50. The average molecular weight is 165 g/mol. The summed E-state index contributed by atoms with van der Waals surface area (Å²) >= 11 is 0. The zero-order chi connectivity index (χ0) is 8.39. The lowest BCUT2D eigenvalue weighted by Crippen LogP contribution is -2.38. The van der Waals surface area contributed by atoms with Crippen molar-refractivity contribution in [2.45, 2.75) is 44.6 Å². The molecule has 0 amide bonds. The molecule has 1 fully saturated rings. The van der Waals surface area contributed by atoms with E-state index in [4.69, 9.17) is 0 Å². The van der Waals surface area contributed by atoms with Crippen molar-refractivity contribution in [1.82, 2.24) is 5.32 Å². The Morgan fingerprint density at radius 2 is 2.25 bits per heavy atom. The quantitative estimate of drug-likeness (QED) is 0.633. The Morgan fingerprint density at radius 3 is 2.67 bits per heavy atom. The molecule has 0 saturated heterocycles. The monoisotopic (exact) mass is 165 g/mol. The second kappa shape index (κ2) is 3.61. The molecule has 2 aliphatic carbocycles. The van der Waals surface area contributed by atoms with Crippen LogP contribution in [0.5, 0.6) is 0 Å². The van der Waals surface area contributed by atoms with Crippen LogP contribution >= 0.6 is 0 Å². The first-order chi connectivity index (χ1) is 5.92. The molecule has 0 spiro atoms. The average Bonchev–Trinajstić information content (AvgIpc) is 2.47. The van der Waals surface area contributed by atoms with Gasteiger partial charge in [0.15, 0.2) is 0 Å². The van der Waals surface area contributed by atoms with Crippen LogP contribution in [0, 0.1) is 5.92 Å². The van der Waals surface area contributed by atoms with Crippen molar-refractivity contribution in [3.05, 3.63) is 11.6 Å². The summed E-state index contributed by atoms with van der Waals surface area (Å²) in [5.41, 5.74) is 1.70. The molecule has 0 radical (unpaired) electrons. The Balaban J connectivity index is 1.96. The number of rotatable bonds is 3. The van der Waals surface area contributed by atoms with Crippen LogP contribution in [0.1, 0.15) is 38.5 Å². The van der Waals surface area contributed by atoms with Crippen LogP contribution in [-0.2, 0) is 0 Å². The summed E-state index contributed by atoms with van der Waals surface area (Å²) in [5, 5.41) is 3.48. The second-order valence-electron chi connectivity index (χ2n) is 4.13. The second-order valence-corrected chi connectivity index (χ2v) is 4.13. The SMILES string of the molecule is CNC(C1=CCCC1)C1CCC1. The number of nitrogens with one attached hydrogen (secondary N) is 1. The van der Waals surface area contributed by atoms with Crippen LogP contribution in [0.2, 0.25) is 0 Å². The molecular weight excluding hydrogens is 146 g/mol. The fourth-order valence-electron chi connectivity index (χ4n) is 2.48. The fraction of sp³-hybridized carbons (Fsp3) is 0.818. The minimum atomic E-state index is 0.723. The number of hydrogen-bond acceptors (Lipinski definition) is 1. The third kappa shape index (κ3) is 1.42. The molecule has 12 heavy (non-hydrogen) atoms. The maximum atomic E-state index is 3.48. The van der Waals surface area contributed by atoms with Crippen LogP contribution in [0.15, 0.2) is 11.6 Å². The standard InChI is InChI=1S/C11H19N/c1-12-11(10-7-4-8-10)9-5-2-3-6-9/h5,10-12H,2-4,6-8H2,1H3. The van der Waals surface area contributed by atoms with E-state index in [1.54, 1.807) is 5.57 Å². The first kappa shape index (κ1) is 8.31. The summed E-state index contributed by atoms with van der Waals surface area (Å²) in [6, 6.07) is 0.723. The van der Waals surface area contributed by atoms with Crippen LogP contribution < -0.4 is 5.32 Å². The molecule has 2 rings (SSSR count). The van der Waals surface area contributed by atoms with Crippen molar-refractivity contribution in [2.24, 2.45) is 5.92 Å². The van der Waals surface area contributed by atoms with Crippen molar-refractivity contribution >= 4 is 0 Å². The van der Waals surface area contributed by atoms with Gasteiger partial charge in [-0.2, -0.15) is 0 Å². The van der Waals surface area contributed by atoms with Crippen molar-refractivity contribution < 1.29 is 0 Å². The maximum Gasteiger partial charge on any atom is 0.0305 e. The van der Waals surface area contributed by atoms with Gasteiger partial charge in [-0.25, -0.2) is 0 Å². The summed E-state index contributed by atoms with van der Waals surface area (Å²) in [7, 11) is 2.11. The highest BCUT2D eigenvalue weighted by atomic mass is 14.9. The van der Waals surface area contributed by atoms with E-state index in [0.29, 0.717) is 0 Å². The van der Waals surface area contributed by atoms with Gasteiger partial charge in [0.05, 0.1) is 0 Å². The Morgan fingerprint density at radius 1 is 1.42 bits per heavy atom. The van der Waals surface area contributed by atoms with Crippen molar-refractivity contribution in [1.29, 1.82) is 0 Å². The van der Waals surface area contributed by atoms with Crippen LogP contribution in [0.3, 0.4) is 0 Å². The van der Waals surface area contributed by atoms with Gasteiger partial charge in [0, 0.05) is 6.04 Å². The predicted octanol–water partition coefficient (Wildman–Crippen LogP) is 2.48. The molecular formula is C11H19N. The molecule has 1 heteroatoms. The number of allylic oxidation sites excluding steroid dienone is 1. The third-order valence-electron chi connectivity index (χ3n) is 3.41. The third-order valence-corrected chi connectivity index (χ3v) is 3.41. The molecule has 0 bridgehead atoms. The van der Waals surface area contributed by atoms with E-state index in [2.05, 4.69) is 18.4 Å². The summed E-state index contributed by atoms with van der Waals surface area (Å²) in [6.07, 6.45) is 10.9. The minimum Gasteiger partial charge on any atom is -0.313 e. The lowest BCUT2D eigenvalue weighted by atomic mass is 9.77. The lowest BCUT2D eigenvalue weighted by molar-refractivity contribution is 0.257. The Labute approximate surface area is 75.2 Å².